The molecule has 122 valence electrons. The topological polar surface area (TPSA) is 75.6 Å². The average Bonchev–Trinajstić information content (AvgIpc) is 2.42. The number of hydrogen-bond acceptors (Lipinski definition) is 3. The van der Waals surface area contributed by atoms with Crippen molar-refractivity contribution in [3.63, 3.8) is 0 Å². The molecule has 5 nitrogen and oxygen atoms in total. The molecule has 1 rings (SSSR count). The minimum atomic E-state index is -0.865. The number of carbonyl (C=O) groups excluding carboxylic acids is 1. The second-order valence-corrected chi connectivity index (χ2v) is 6.46. The van der Waals surface area contributed by atoms with E-state index < -0.39 is 5.97 Å². The van der Waals surface area contributed by atoms with E-state index in [4.69, 9.17) is 9.84 Å². The highest BCUT2D eigenvalue weighted by Crippen LogP contribution is 2.24. The quantitative estimate of drug-likeness (QED) is 0.812. The van der Waals surface area contributed by atoms with E-state index in [0.29, 0.717) is 12.2 Å². The van der Waals surface area contributed by atoms with Crippen LogP contribution in [0.1, 0.15) is 46.1 Å². The molecule has 5 heteroatoms. The standard InChI is InChI=1S/C17H25NO4/c1-12(5-10-16(20)21)18-15(19)11-22-14-8-6-13(7-9-14)17(2,3)4/h6-9,12H,5,10-11H2,1-4H3,(H,18,19)(H,20,21). The summed E-state index contributed by atoms with van der Waals surface area (Å²) < 4.78 is 5.43. The molecule has 1 atom stereocenters. The van der Waals surface area contributed by atoms with Crippen LogP contribution in [0.3, 0.4) is 0 Å². The Balaban J connectivity index is 2.39. The molecule has 0 fully saturated rings. The van der Waals surface area contributed by atoms with Crippen LogP contribution < -0.4 is 10.1 Å². The minimum Gasteiger partial charge on any atom is -0.484 e. The third-order valence-electron chi connectivity index (χ3n) is 3.29. The molecule has 0 aliphatic carbocycles. The van der Waals surface area contributed by atoms with Gasteiger partial charge in [-0.3, -0.25) is 9.59 Å². The Hall–Kier alpha value is -2.04. The molecular formula is C17H25NO4. The molecule has 0 aromatic heterocycles. The zero-order valence-electron chi connectivity index (χ0n) is 13.7. The smallest absolute Gasteiger partial charge is 0.303 e. The SMILES string of the molecule is CC(CCC(=O)O)NC(=O)COc1ccc(C(C)(C)C)cc1. The summed E-state index contributed by atoms with van der Waals surface area (Å²) in [5.41, 5.74) is 1.28. The summed E-state index contributed by atoms with van der Waals surface area (Å²) in [6.07, 6.45) is 0.442. The fourth-order valence-electron chi connectivity index (χ4n) is 1.93. The maximum Gasteiger partial charge on any atom is 0.303 e. The van der Waals surface area contributed by atoms with E-state index >= 15 is 0 Å². The van der Waals surface area contributed by atoms with Gasteiger partial charge in [-0.2, -0.15) is 0 Å². The number of carboxylic acids is 1. The van der Waals surface area contributed by atoms with E-state index in [1.807, 2.05) is 24.3 Å². The largest absolute Gasteiger partial charge is 0.484 e. The predicted octanol–water partition coefficient (Wildman–Crippen LogP) is 2.73. The van der Waals surface area contributed by atoms with Crippen molar-refractivity contribution in [2.24, 2.45) is 0 Å². The van der Waals surface area contributed by atoms with Crippen LogP contribution in [-0.2, 0) is 15.0 Å². The summed E-state index contributed by atoms with van der Waals surface area (Å²) in [5, 5.41) is 11.3. The van der Waals surface area contributed by atoms with Gasteiger partial charge in [-0.1, -0.05) is 32.9 Å². The van der Waals surface area contributed by atoms with Crippen LogP contribution in [0.4, 0.5) is 0 Å². The zero-order valence-corrected chi connectivity index (χ0v) is 13.7. The molecule has 0 aliphatic rings. The molecule has 1 amide bonds. The monoisotopic (exact) mass is 307 g/mol. The number of hydrogen-bond donors (Lipinski definition) is 2. The first-order chi connectivity index (χ1) is 10.2. The summed E-state index contributed by atoms with van der Waals surface area (Å²) in [4.78, 5) is 22.2. The van der Waals surface area contributed by atoms with Crippen molar-refractivity contribution in [2.45, 2.75) is 52.0 Å². The van der Waals surface area contributed by atoms with Gasteiger partial charge in [0.25, 0.3) is 5.91 Å². The molecule has 22 heavy (non-hydrogen) atoms. The molecule has 0 radical (unpaired) electrons. The van der Waals surface area contributed by atoms with Crippen LogP contribution in [0, 0.1) is 0 Å². The lowest BCUT2D eigenvalue weighted by molar-refractivity contribution is -0.137. The van der Waals surface area contributed by atoms with Crippen molar-refractivity contribution in [1.29, 1.82) is 0 Å². The number of ether oxygens (including phenoxy) is 1. The molecule has 2 N–H and O–H groups in total. The Morgan fingerprint density at radius 3 is 2.32 bits per heavy atom. The van der Waals surface area contributed by atoms with Crippen molar-refractivity contribution in [3.05, 3.63) is 29.8 Å². The first-order valence-corrected chi connectivity index (χ1v) is 7.43. The summed E-state index contributed by atoms with van der Waals surface area (Å²) >= 11 is 0. The molecule has 1 aromatic rings. The van der Waals surface area contributed by atoms with Gasteiger partial charge in [0.05, 0.1) is 0 Å². The van der Waals surface area contributed by atoms with Gasteiger partial charge < -0.3 is 15.2 Å². The molecular weight excluding hydrogens is 282 g/mol. The molecule has 1 aromatic carbocycles. The third-order valence-corrected chi connectivity index (χ3v) is 3.29. The minimum absolute atomic E-state index is 0.0383. The van der Waals surface area contributed by atoms with Gasteiger partial charge in [-0.05, 0) is 36.5 Å². The lowest BCUT2D eigenvalue weighted by Gasteiger charge is -2.19. The normalized spacial score (nSPS) is 12.5. The summed E-state index contributed by atoms with van der Waals surface area (Å²) in [6, 6.07) is 7.49. The van der Waals surface area contributed by atoms with Crippen LogP contribution >= 0.6 is 0 Å². The second-order valence-electron chi connectivity index (χ2n) is 6.46. The number of carboxylic acid groups (broad SMARTS) is 1. The first kappa shape index (κ1) is 18.0. The van der Waals surface area contributed by atoms with Gasteiger partial charge in [0.2, 0.25) is 0 Å². The lowest BCUT2D eigenvalue weighted by Crippen LogP contribution is -2.36. The van der Waals surface area contributed by atoms with Crippen molar-refractivity contribution >= 4 is 11.9 Å². The number of rotatable bonds is 7. The van der Waals surface area contributed by atoms with Crippen molar-refractivity contribution in [3.8, 4) is 5.75 Å². The van der Waals surface area contributed by atoms with E-state index in [9.17, 15) is 9.59 Å². The van der Waals surface area contributed by atoms with Crippen molar-refractivity contribution in [1.82, 2.24) is 5.32 Å². The highest BCUT2D eigenvalue weighted by Gasteiger charge is 2.13. The van der Waals surface area contributed by atoms with Crippen molar-refractivity contribution in [2.75, 3.05) is 6.61 Å². The lowest BCUT2D eigenvalue weighted by atomic mass is 9.87. The maximum absolute atomic E-state index is 11.7. The van der Waals surface area contributed by atoms with E-state index in [-0.39, 0.29) is 30.4 Å². The van der Waals surface area contributed by atoms with Crippen LogP contribution in [0.15, 0.2) is 24.3 Å². The number of carbonyl (C=O) groups is 2. The highest BCUT2D eigenvalue weighted by molar-refractivity contribution is 5.77. The van der Waals surface area contributed by atoms with Gasteiger partial charge >= 0.3 is 5.97 Å². The molecule has 1 unspecified atom stereocenters. The van der Waals surface area contributed by atoms with E-state index in [1.54, 1.807) is 6.92 Å². The number of amides is 1. The average molecular weight is 307 g/mol. The zero-order chi connectivity index (χ0) is 16.8. The summed E-state index contributed by atoms with van der Waals surface area (Å²) in [5.74, 6) is -0.476. The Morgan fingerprint density at radius 1 is 1.23 bits per heavy atom. The van der Waals surface area contributed by atoms with Gasteiger partial charge in [-0.15, -0.1) is 0 Å². The van der Waals surface area contributed by atoms with Crippen LogP contribution in [0.5, 0.6) is 5.75 Å². The summed E-state index contributed by atoms with van der Waals surface area (Å²) in [7, 11) is 0. The third kappa shape index (κ3) is 6.61. The fourth-order valence-corrected chi connectivity index (χ4v) is 1.93. The van der Waals surface area contributed by atoms with E-state index in [1.165, 1.54) is 5.56 Å². The van der Waals surface area contributed by atoms with Gasteiger partial charge in [-0.25, -0.2) is 0 Å². The molecule has 0 bridgehead atoms. The van der Waals surface area contributed by atoms with Gasteiger partial charge in [0, 0.05) is 12.5 Å². The predicted molar refractivity (Wildman–Crippen MR) is 85.1 cm³/mol. The molecule has 0 heterocycles. The number of benzene rings is 1. The maximum atomic E-state index is 11.7. The van der Waals surface area contributed by atoms with E-state index in [2.05, 4.69) is 26.1 Å². The summed E-state index contributed by atoms with van der Waals surface area (Å²) in [6.45, 7) is 8.10. The molecule has 0 aliphatic heterocycles. The first-order valence-electron chi connectivity index (χ1n) is 7.43. The number of aliphatic carboxylic acids is 1. The molecule has 0 saturated carbocycles. The van der Waals surface area contributed by atoms with Gasteiger partial charge in [0.1, 0.15) is 5.75 Å². The second kappa shape index (κ2) is 7.82. The Morgan fingerprint density at radius 2 is 1.82 bits per heavy atom. The fraction of sp³-hybridized carbons (Fsp3) is 0.529. The molecule has 0 spiro atoms. The van der Waals surface area contributed by atoms with Crippen molar-refractivity contribution < 1.29 is 19.4 Å². The Kier molecular flexibility index (Phi) is 6.40. The van der Waals surface area contributed by atoms with Crippen LogP contribution in [0.2, 0.25) is 0 Å². The number of nitrogens with one attached hydrogen (secondary N) is 1. The van der Waals surface area contributed by atoms with Gasteiger partial charge in [0.15, 0.2) is 6.61 Å². The van der Waals surface area contributed by atoms with Crippen LogP contribution in [-0.4, -0.2) is 29.6 Å². The molecule has 0 saturated heterocycles. The Labute approximate surface area is 131 Å². The van der Waals surface area contributed by atoms with E-state index in [0.717, 1.165) is 0 Å². The highest BCUT2D eigenvalue weighted by atomic mass is 16.5. The van der Waals surface area contributed by atoms with Crippen LogP contribution in [0.25, 0.3) is 0 Å². The Bertz CT molecular complexity index is 502.